The van der Waals surface area contributed by atoms with Crippen LogP contribution in [0.15, 0.2) is 21.3 Å². The van der Waals surface area contributed by atoms with E-state index in [0.29, 0.717) is 37.6 Å². The van der Waals surface area contributed by atoms with Crippen molar-refractivity contribution < 1.29 is 32.3 Å². The summed E-state index contributed by atoms with van der Waals surface area (Å²) in [6.45, 7) is 10.7. The number of ether oxygens (including phenoxy) is 1. The molecule has 0 aliphatic carbocycles. The maximum Gasteiger partial charge on any atom is 0.412 e. The lowest BCUT2D eigenvalue weighted by Crippen LogP contribution is -2.46. The number of sulfone groups is 1. The van der Waals surface area contributed by atoms with Crippen molar-refractivity contribution in [3.63, 3.8) is 0 Å². The number of carboxylic acid groups (broad SMARTS) is 1. The van der Waals surface area contributed by atoms with Crippen molar-refractivity contribution in [2.45, 2.75) is 44.9 Å². The molecule has 1 unspecified atom stereocenters. The maximum absolute atomic E-state index is 13.0. The smallest absolute Gasteiger partial charge is 0.412 e. The summed E-state index contributed by atoms with van der Waals surface area (Å²) in [6, 6.07) is 2.99. The highest BCUT2D eigenvalue weighted by Crippen LogP contribution is 2.31. The van der Waals surface area contributed by atoms with Crippen LogP contribution >= 0.6 is 0 Å². The van der Waals surface area contributed by atoms with E-state index >= 15 is 0 Å². The first kappa shape index (κ1) is 31.3. The third kappa shape index (κ3) is 7.49. The number of hydrogen-bond donors (Lipinski definition) is 2. The van der Waals surface area contributed by atoms with Gasteiger partial charge in [0.2, 0.25) is 5.91 Å². The largest absolute Gasteiger partial charge is 0.465 e. The number of morpholine rings is 1. The van der Waals surface area contributed by atoms with Crippen molar-refractivity contribution >= 4 is 44.4 Å². The molecule has 0 saturated carbocycles. The van der Waals surface area contributed by atoms with Crippen LogP contribution in [0.25, 0.3) is 10.9 Å². The number of rotatable bonds is 10. The molecular weight excluding hydrogens is 542 g/mol. The van der Waals surface area contributed by atoms with Crippen LogP contribution in [-0.4, -0.2) is 110 Å². The molecule has 2 N–H and O–H groups in total. The number of likely N-dealkylation sites (N-methyl/N-ethyl adjacent to an activating group) is 1. The minimum atomic E-state index is -3.72. The van der Waals surface area contributed by atoms with Gasteiger partial charge >= 0.3 is 11.7 Å². The number of nitrogens with one attached hydrogen (secondary N) is 1. The van der Waals surface area contributed by atoms with Crippen LogP contribution in [-0.2, 0) is 19.4 Å². The highest BCUT2D eigenvalue weighted by Gasteiger charge is 2.32. The van der Waals surface area contributed by atoms with E-state index in [9.17, 15) is 27.9 Å². The van der Waals surface area contributed by atoms with Crippen LogP contribution < -0.4 is 15.8 Å². The Morgan fingerprint density at radius 1 is 1.23 bits per heavy atom. The molecule has 1 aliphatic heterocycles. The van der Waals surface area contributed by atoms with Gasteiger partial charge in [-0.05, 0) is 51.8 Å². The lowest BCUT2D eigenvalue weighted by Gasteiger charge is -2.34. The summed E-state index contributed by atoms with van der Waals surface area (Å²) in [4.78, 5) is 46.9. The van der Waals surface area contributed by atoms with Crippen molar-refractivity contribution in [2.24, 2.45) is 0 Å². The number of fused-ring (bicyclic) bond motifs is 1. The van der Waals surface area contributed by atoms with E-state index in [0.717, 1.165) is 19.3 Å². The van der Waals surface area contributed by atoms with Gasteiger partial charge in [-0.2, -0.15) is 4.98 Å². The van der Waals surface area contributed by atoms with Crippen LogP contribution in [0.5, 0.6) is 0 Å². The molecule has 1 aromatic heterocycles. The molecule has 1 saturated heterocycles. The van der Waals surface area contributed by atoms with Crippen molar-refractivity contribution in [3.8, 4) is 0 Å². The van der Waals surface area contributed by atoms with Crippen molar-refractivity contribution in [2.75, 3.05) is 69.5 Å². The van der Waals surface area contributed by atoms with Gasteiger partial charge in [-0.1, -0.05) is 0 Å². The lowest BCUT2D eigenvalue weighted by molar-refractivity contribution is -0.129. The van der Waals surface area contributed by atoms with Gasteiger partial charge in [0.05, 0.1) is 29.8 Å². The van der Waals surface area contributed by atoms with Crippen LogP contribution in [0.2, 0.25) is 0 Å². The fourth-order valence-electron chi connectivity index (χ4n) is 4.68. The van der Waals surface area contributed by atoms with Gasteiger partial charge in [-0.15, -0.1) is 0 Å². The van der Waals surface area contributed by atoms with Crippen LogP contribution in [0.1, 0.15) is 32.8 Å². The normalized spacial score (nSPS) is 15.6. The number of benzene rings is 1. The first-order valence-electron chi connectivity index (χ1n) is 13.1. The number of aryl methyl sites for hydroxylation is 1. The van der Waals surface area contributed by atoms with Gasteiger partial charge in [0, 0.05) is 51.6 Å². The molecule has 1 atom stereocenters. The topological polar surface area (TPSA) is 163 Å². The summed E-state index contributed by atoms with van der Waals surface area (Å²) in [6.07, 6.45) is -0.189. The second kappa shape index (κ2) is 12.5. The summed E-state index contributed by atoms with van der Waals surface area (Å²) in [5.74, 6) is -0.504. The van der Waals surface area contributed by atoms with Gasteiger partial charge in [0.1, 0.15) is 5.25 Å². The van der Waals surface area contributed by atoms with E-state index in [1.807, 2.05) is 0 Å². The zero-order valence-corrected chi connectivity index (χ0v) is 24.7. The van der Waals surface area contributed by atoms with Gasteiger partial charge < -0.3 is 24.5 Å². The van der Waals surface area contributed by atoms with Gasteiger partial charge in [-0.25, -0.2) is 18.0 Å². The number of aromatic nitrogens is 1. The minimum absolute atomic E-state index is 0.0100. The fourth-order valence-corrected chi connectivity index (χ4v) is 5.77. The maximum atomic E-state index is 13.0. The molecule has 14 heteroatoms. The highest BCUT2D eigenvalue weighted by atomic mass is 32.2. The molecule has 13 nitrogen and oxygen atoms in total. The van der Waals surface area contributed by atoms with E-state index in [2.05, 4.69) is 15.2 Å². The summed E-state index contributed by atoms with van der Waals surface area (Å²) in [7, 11) is -2.13. The Balaban J connectivity index is 1.73. The number of anilines is 2. The van der Waals surface area contributed by atoms with E-state index < -0.39 is 38.3 Å². The van der Waals surface area contributed by atoms with Crippen LogP contribution in [0.3, 0.4) is 0 Å². The standard InChI is InChI=1S/C26H39N5O8S/c1-17-19(31(25(34)35)26(2,3)4)8-7-18-21(17)23(33)39-24(28-18)27-10-9-20(40(6,36)37)22(32)29(5)11-12-30-13-15-38-16-14-30/h7-8,20H,9-16H2,1-6H3,(H,27,28)(H,34,35). The zero-order chi connectivity index (χ0) is 29.8. The third-order valence-electron chi connectivity index (χ3n) is 6.84. The molecule has 0 bridgehead atoms. The summed E-state index contributed by atoms with van der Waals surface area (Å²) >= 11 is 0. The average Bonchev–Trinajstić information content (AvgIpc) is 2.85. The SMILES string of the molecule is Cc1c(N(C(=O)O)C(C)(C)C)ccc2nc(NCCC(C(=O)N(C)CCN3CCOCC3)S(C)(=O)=O)oc(=O)c12. The molecule has 0 radical (unpaired) electrons. The predicted molar refractivity (Wildman–Crippen MR) is 152 cm³/mol. The Morgan fingerprint density at radius 2 is 1.88 bits per heavy atom. The second-order valence-electron chi connectivity index (χ2n) is 10.9. The summed E-state index contributed by atoms with van der Waals surface area (Å²) in [5, 5.41) is 11.4. The zero-order valence-electron chi connectivity index (χ0n) is 23.9. The van der Waals surface area contributed by atoms with Gasteiger partial charge in [0.25, 0.3) is 6.01 Å². The Labute approximate surface area is 234 Å². The van der Waals surface area contributed by atoms with Crippen LogP contribution in [0, 0.1) is 6.92 Å². The number of carbonyl (C=O) groups excluding carboxylic acids is 1. The molecule has 1 aromatic carbocycles. The Hall–Kier alpha value is -3.23. The molecule has 1 aliphatic rings. The van der Waals surface area contributed by atoms with E-state index in [1.54, 1.807) is 40.8 Å². The summed E-state index contributed by atoms with van der Waals surface area (Å²) in [5.41, 5.74) is -0.439. The molecule has 222 valence electrons. The van der Waals surface area contributed by atoms with Gasteiger partial charge in [0.15, 0.2) is 9.84 Å². The van der Waals surface area contributed by atoms with E-state index in [1.165, 1.54) is 15.9 Å². The number of nitrogens with zero attached hydrogens (tertiary/aromatic N) is 4. The molecule has 2 amide bonds. The van der Waals surface area contributed by atoms with Crippen molar-refractivity contribution in [1.82, 2.24) is 14.8 Å². The first-order valence-corrected chi connectivity index (χ1v) is 15.0. The molecule has 1 fully saturated rings. The third-order valence-corrected chi connectivity index (χ3v) is 8.31. The Morgan fingerprint density at radius 3 is 2.45 bits per heavy atom. The van der Waals surface area contributed by atoms with E-state index in [-0.39, 0.29) is 29.9 Å². The second-order valence-corrected chi connectivity index (χ2v) is 13.2. The molecular formula is C26H39N5O8S. The minimum Gasteiger partial charge on any atom is -0.465 e. The Bertz CT molecular complexity index is 1400. The van der Waals surface area contributed by atoms with E-state index in [4.69, 9.17) is 9.15 Å². The van der Waals surface area contributed by atoms with Crippen LogP contribution in [0.4, 0.5) is 16.5 Å². The quantitative estimate of drug-likeness (QED) is 0.420. The molecule has 0 spiro atoms. The molecule has 2 aromatic rings. The number of hydrogen-bond acceptors (Lipinski definition) is 10. The molecule has 3 rings (SSSR count). The lowest BCUT2D eigenvalue weighted by atomic mass is 10.0. The average molecular weight is 582 g/mol. The highest BCUT2D eigenvalue weighted by molar-refractivity contribution is 7.92. The fraction of sp³-hybridized carbons (Fsp3) is 0.615. The first-order chi connectivity index (χ1) is 18.6. The monoisotopic (exact) mass is 581 g/mol. The van der Waals surface area contributed by atoms with Gasteiger partial charge in [-0.3, -0.25) is 14.6 Å². The number of amides is 2. The summed E-state index contributed by atoms with van der Waals surface area (Å²) < 4.78 is 35.6. The molecule has 40 heavy (non-hydrogen) atoms. The number of carbonyl (C=O) groups is 2. The van der Waals surface area contributed by atoms with Crippen molar-refractivity contribution in [3.05, 3.63) is 28.1 Å². The molecule has 2 heterocycles. The Kier molecular flexibility index (Phi) is 9.80. The van der Waals surface area contributed by atoms with Crippen molar-refractivity contribution in [1.29, 1.82) is 0 Å². The predicted octanol–water partition coefficient (Wildman–Crippen LogP) is 1.79.